The summed E-state index contributed by atoms with van der Waals surface area (Å²) in [6.45, 7) is 0. The maximum absolute atomic E-state index is 11.3. The van der Waals surface area contributed by atoms with Gasteiger partial charge in [-0.2, -0.15) is 0 Å². The normalized spacial score (nSPS) is 11.8. The molecule has 0 spiro atoms. The van der Waals surface area contributed by atoms with Crippen LogP contribution in [-0.2, 0) is 10.0 Å². The van der Waals surface area contributed by atoms with Crippen molar-refractivity contribution in [2.45, 2.75) is 0 Å². The maximum atomic E-state index is 11.3. The Morgan fingerprint density at radius 2 is 2.19 bits per heavy atom. The molecule has 86 valence electrons. The molecule has 0 fully saturated rings. The van der Waals surface area contributed by atoms with Gasteiger partial charge in [-0.15, -0.1) is 0 Å². The lowest BCUT2D eigenvalue weighted by Gasteiger charge is -2.04. The molecule has 2 N–H and O–H groups in total. The highest BCUT2D eigenvalue weighted by Crippen LogP contribution is 2.17. The second-order valence-corrected chi connectivity index (χ2v) is 6.08. The molecule has 6 nitrogen and oxygen atoms in total. The molecule has 0 saturated carbocycles. The van der Waals surface area contributed by atoms with Gasteiger partial charge in [-0.1, -0.05) is 15.9 Å². The Morgan fingerprint density at radius 1 is 1.44 bits per heavy atom. The van der Waals surface area contributed by atoms with Gasteiger partial charge in [0.25, 0.3) is 0 Å². The first-order chi connectivity index (χ1) is 7.50. The third-order valence-corrected chi connectivity index (χ3v) is 4.48. The molecule has 1 heterocycles. The minimum atomic E-state index is -3.39. The van der Waals surface area contributed by atoms with Crippen molar-refractivity contribution in [1.29, 1.82) is 0 Å². The summed E-state index contributed by atoms with van der Waals surface area (Å²) in [7, 11) is -3.39. The number of nitrogens with one attached hydrogen (secondary N) is 2. The van der Waals surface area contributed by atoms with Crippen LogP contribution in [0, 0.1) is 0 Å². The lowest BCUT2D eigenvalue weighted by molar-refractivity contribution is 0.555. The lowest BCUT2D eigenvalue weighted by atomic mass is 10.3. The van der Waals surface area contributed by atoms with E-state index in [0.717, 1.165) is 0 Å². The molecule has 2 aromatic rings. The molecule has 0 amide bonds. The van der Waals surface area contributed by atoms with E-state index in [-0.39, 0.29) is 4.66 Å². The van der Waals surface area contributed by atoms with Crippen molar-refractivity contribution in [1.82, 2.24) is 4.98 Å². The Hall–Kier alpha value is -1.28. The van der Waals surface area contributed by atoms with Crippen LogP contribution >= 0.6 is 15.9 Å². The third kappa shape index (κ3) is 2.27. The van der Waals surface area contributed by atoms with Gasteiger partial charge in [-0.05, 0) is 18.2 Å². The number of aromatic nitrogens is 1. The number of anilines is 1. The average Bonchev–Trinajstić information content (AvgIpc) is 2.57. The molecule has 0 radical (unpaired) electrons. The van der Waals surface area contributed by atoms with E-state index < -0.39 is 15.8 Å². The summed E-state index contributed by atoms with van der Waals surface area (Å²) in [5.41, 5.74) is 1.19. The van der Waals surface area contributed by atoms with Gasteiger partial charge in [-0.3, -0.25) is 9.71 Å². The van der Waals surface area contributed by atoms with E-state index in [9.17, 15) is 13.2 Å². The summed E-state index contributed by atoms with van der Waals surface area (Å²) >= 11 is 2.86. The third-order valence-electron chi connectivity index (χ3n) is 1.84. The van der Waals surface area contributed by atoms with Crippen LogP contribution in [0.1, 0.15) is 0 Å². The Kier molecular flexibility index (Phi) is 2.76. The lowest BCUT2D eigenvalue weighted by Crippen LogP contribution is -2.12. The molecule has 2 rings (SSSR count). The highest BCUT2D eigenvalue weighted by atomic mass is 79.9. The maximum Gasteiger partial charge on any atom is 0.417 e. The van der Waals surface area contributed by atoms with Gasteiger partial charge in [0.05, 0.1) is 11.2 Å². The first-order valence-electron chi connectivity index (χ1n) is 4.19. The van der Waals surface area contributed by atoms with Crippen LogP contribution in [0.15, 0.2) is 27.4 Å². The summed E-state index contributed by atoms with van der Waals surface area (Å²) in [6, 6.07) is 4.51. The van der Waals surface area contributed by atoms with Gasteiger partial charge in [0.15, 0.2) is 5.58 Å². The predicted octanol–water partition coefficient (Wildman–Crippen LogP) is 1.22. The topological polar surface area (TPSA) is 92.2 Å². The molecular weight excluding hydrogens is 300 g/mol. The monoisotopic (exact) mass is 306 g/mol. The number of halogens is 1. The molecule has 0 atom stereocenters. The second-order valence-electron chi connectivity index (χ2n) is 3.05. The first kappa shape index (κ1) is 11.2. The van der Waals surface area contributed by atoms with Gasteiger partial charge in [0.1, 0.15) is 4.66 Å². The zero-order chi connectivity index (χ0) is 11.8. The van der Waals surface area contributed by atoms with E-state index in [1.54, 1.807) is 0 Å². The predicted molar refractivity (Wildman–Crippen MR) is 63.2 cm³/mol. The Morgan fingerprint density at radius 3 is 2.88 bits per heavy atom. The van der Waals surface area contributed by atoms with Crippen molar-refractivity contribution in [3.05, 3.63) is 28.7 Å². The van der Waals surface area contributed by atoms with Crippen molar-refractivity contribution in [3.63, 3.8) is 0 Å². The number of hydrogen-bond donors (Lipinski definition) is 2. The molecule has 0 saturated heterocycles. The fourth-order valence-corrected chi connectivity index (χ4v) is 2.11. The molecule has 0 unspecified atom stereocenters. The molecule has 8 heteroatoms. The number of hydrogen-bond acceptors (Lipinski definition) is 4. The Balaban J connectivity index is 2.43. The van der Waals surface area contributed by atoms with Crippen LogP contribution in [0.5, 0.6) is 0 Å². The van der Waals surface area contributed by atoms with Crippen LogP contribution < -0.4 is 10.5 Å². The Bertz CT molecular complexity index is 673. The van der Waals surface area contributed by atoms with Crippen LogP contribution in [0.2, 0.25) is 0 Å². The molecule has 0 aliphatic carbocycles. The van der Waals surface area contributed by atoms with E-state index in [1.165, 1.54) is 18.2 Å². The van der Waals surface area contributed by atoms with Crippen molar-refractivity contribution < 1.29 is 12.8 Å². The summed E-state index contributed by atoms with van der Waals surface area (Å²) < 4.78 is 29.4. The first-order valence-corrected chi connectivity index (χ1v) is 6.97. The number of fused-ring (bicyclic) bond motifs is 1. The molecule has 0 aliphatic rings. The molecule has 16 heavy (non-hydrogen) atoms. The fourth-order valence-electron chi connectivity index (χ4n) is 1.22. The summed E-state index contributed by atoms with van der Waals surface area (Å²) in [4.78, 5) is 13.3. The molecule has 0 bridgehead atoms. The van der Waals surface area contributed by atoms with E-state index in [4.69, 9.17) is 4.42 Å². The summed E-state index contributed by atoms with van der Waals surface area (Å²) in [5.74, 6) is -0.574. The van der Waals surface area contributed by atoms with E-state index in [0.29, 0.717) is 16.8 Å². The van der Waals surface area contributed by atoms with Crippen LogP contribution in [-0.4, -0.2) is 18.1 Å². The second kappa shape index (κ2) is 3.95. The smallest absolute Gasteiger partial charge is 0.408 e. The minimum absolute atomic E-state index is 0.195. The number of sulfonamides is 1. The number of benzene rings is 1. The van der Waals surface area contributed by atoms with Crippen molar-refractivity contribution in [2.75, 3.05) is 9.38 Å². The highest BCUT2D eigenvalue weighted by Gasteiger charge is 2.09. The fraction of sp³-hybridized carbons (Fsp3) is 0.125. The van der Waals surface area contributed by atoms with E-state index in [2.05, 4.69) is 25.6 Å². The van der Waals surface area contributed by atoms with Gasteiger partial charge in [-0.25, -0.2) is 13.2 Å². The number of oxazole rings is 1. The van der Waals surface area contributed by atoms with E-state index in [1.807, 2.05) is 0 Å². The van der Waals surface area contributed by atoms with Crippen molar-refractivity contribution in [2.24, 2.45) is 0 Å². The zero-order valence-electron chi connectivity index (χ0n) is 7.86. The largest absolute Gasteiger partial charge is 0.417 e. The van der Waals surface area contributed by atoms with Gasteiger partial charge in [0, 0.05) is 0 Å². The van der Waals surface area contributed by atoms with Gasteiger partial charge >= 0.3 is 5.76 Å². The molecular formula is C8H7BrN2O4S. The quantitative estimate of drug-likeness (QED) is 0.834. The number of rotatable bonds is 3. The van der Waals surface area contributed by atoms with Crippen molar-refractivity contribution >= 4 is 42.7 Å². The number of aromatic amines is 1. The Labute approximate surface area is 98.8 Å². The van der Waals surface area contributed by atoms with Crippen LogP contribution in [0.25, 0.3) is 11.1 Å². The standard InChI is InChI=1S/C8H7BrN2O4S/c9-4-16(13,14)11-5-1-2-7-6(3-5)10-8(12)15-7/h1-3,11H,4H2,(H,10,12). The number of alkyl halides is 1. The molecule has 1 aromatic heterocycles. The summed E-state index contributed by atoms with van der Waals surface area (Å²) in [5, 5.41) is 0. The molecule has 0 aliphatic heterocycles. The highest BCUT2D eigenvalue weighted by molar-refractivity contribution is 9.10. The minimum Gasteiger partial charge on any atom is -0.408 e. The van der Waals surface area contributed by atoms with E-state index >= 15 is 0 Å². The zero-order valence-corrected chi connectivity index (χ0v) is 10.3. The number of H-pyrrole nitrogens is 1. The summed E-state index contributed by atoms with van der Waals surface area (Å²) in [6.07, 6.45) is 0. The van der Waals surface area contributed by atoms with Gasteiger partial charge in [0.2, 0.25) is 10.0 Å². The SMILES string of the molecule is O=c1[nH]c2cc(NS(=O)(=O)CBr)ccc2o1. The van der Waals surface area contributed by atoms with Gasteiger partial charge < -0.3 is 4.42 Å². The van der Waals surface area contributed by atoms with Crippen LogP contribution in [0.3, 0.4) is 0 Å². The average molecular weight is 307 g/mol. The molecule has 1 aromatic carbocycles. The van der Waals surface area contributed by atoms with Crippen LogP contribution in [0.4, 0.5) is 5.69 Å². The van der Waals surface area contributed by atoms with Crippen molar-refractivity contribution in [3.8, 4) is 0 Å².